The molecule has 1 aromatic rings. The van der Waals surface area contributed by atoms with E-state index >= 15 is 0 Å². The zero-order valence-electron chi connectivity index (χ0n) is 15.8. The third-order valence-electron chi connectivity index (χ3n) is 5.51. The van der Waals surface area contributed by atoms with Gasteiger partial charge in [-0.15, -0.1) is 0 Å². The smallest absolute Gasteiger partial charge is 0.251 e. The average Bonchev–Trinajstić information content (AvgIpc) is 3.19. The van der Waals surface area contributed by atoms with E-state index in [0.717, 1.165) is 38.8 Å². The fourth-order valence-corrected chi connectivity index (χ4v) is 5.97. The first-order valence-corrected chi connectivity index (χ1v) is 11.7. The van der Waals surface area contributed by atoms with E-state index < -0.39 is 10.0 Å². The lowest BCUT2D eigenvalue weighted by Crippen LogP contribution is -3.13. The highest BCUT2D eigenvalue weighted by atomic mass is 35.5. The summed E-state index contributed by atoms with van der Waals surface area (Å²) in [6, 6.07) is 4.67. The normalized spacial score (nSPS) is 24.1. The van der Waals surface area contributed by atoms with Gasteiger partial charge in [0.05, 0.1) is 24.7 Å². The highest BCUT2D eigenvalue weighted by Crippen LogP contribution is 2.28. The van der Waals surface area contributed by atoms with Crippen LogP contribution in [0.2, 0.25) is 5.02 Å². The molecule has 6 nitrogen and oxygen atoms in total. The largest absolute Gasteiger partial charge is 0.349 e. The van der Waals surface area contributed by atoms with E-state index in [9.17, 15) is 13.2 Å². The standard InChI is InChI=1S/C19H28ClN3O3S/c1-2-9-22-12-7-16(8-13-22)21-19(24)15-5-6-17(20)18(14-15)27(25,26)23-10-3-4-11-23/h5-6,14,16H,2-4,7-13H2,1H3,(H,21,24)/p+1. The molecule has 2 N–H and O–H groups in total. The summed E-state index contributed by atoms with van der Waals surface area (Å²) in [5.74, 6) is -0.228. The molecule has 0 bridgehead atoms. The average molecular weight is 415 g/mol. The molecule has 0 atom stereocenters. The maximum Gasteiger partial charge on any atom is 0.251 e. The van der Waals surface area contributed by atoms with Crippen molar-refractivity contribution in [2.24, 2.45) is 0 Å². The van der Waals surface area contributed by atoms with Gasteiger partial charge in [0, 0.05) is 37.5 Å². The Morgan fingerprint density at radius 2 is 1.93 bits per heavy atom. The molecule has 0 aliphatic carbocycles. The van der Waals surface area contributed by atoms with Gasteiger partial charge in [-0.25, -0.2) is 8.42 Å². The molecule has 0 aromatic heterocycles. The third kappa shape index (κ3) is 4.83. The summed E-state index contributed by atoms with van der Waals surface area (Å²) in [5.41, 5.74) is 0.348. The number of carbonyl (C=O) groups excluding carboxylic acids is 1. The first kappa shape index (κ1) is 20.6. The number of benzene rings is 1. The molecule has 2 fully saturated rings. The van der Waals surface area contributed by atoms with Crippen LogP contribution in [0.5, 0.6) is 0 Å². The SMILES string of the molecule is CCC[NH+]1CCC(NC(=O)c2ccc(Cl)c(S(=O)(=O)N3CCCC3)c2)CC1. The number of halogens is 1. The summed E-state index contributed by atoms with van der Waals surface area (Å²) in [7, 11) is -3.65. The van der Waals surface area contributed by atoms with E-state index in [1.54, 1.807) is 11.0 Å². The zero-order valence-corrected chi connectivity index (χ0v) is 17.4. The van der Waals surface area contributed by atoms with E-state index in [1.165, 1.54) is 29.4 Å². The van der Waals surface area contributed by atoms with Gasteiger partial charge in [-0.3, -0.25) is 4.79 Å². The number of likely N-dealkylation sites (tertiary alicyclic amines) is 1. The second-order valence-corrected chi connectivity index (χ2v) is 9.82. The maximum absolute atomic E-state index is 12.8. The minimum absolute atomic E-state index is 0.0286. The molecule has 0 saturated carbocycles. The van der Waals surface area contributed by atoms with Crippen molar-refractivity contribution < 1.29 is 18.1 Å². The van der Waals surface area contributed by atoms with Gasteiger partial charge < -0.3 is 10.2 Å². The molecule has 0 unspecified atom stereocenters. The fraction of sp³-hybridized carbons (Fsp3) is 0.632. The number of nitrogens with one attached hydrogen (secondary N) is 2. The lowest BCUT2D eigenvalue weighted by atomic mass is 10.0. The maximum atomic E-state index is 12.8. The van der Waals surface area contributed by atoms with Crippen molar-refractivity contribution in [3.63, 3.8) is 0 Å². The number of quaternary nitrogens is 1. The highest BCUT2D eigenvalue weighted by Gasteiger charge is 2.30. The van der Waals surface area contributed by atoms with Gasteiger partial charge in [-0.1, -0.05) is 18.5 Å². The Labute approximate surface area is 166 Å². The van der Waals surface area contributed by atoms with E-state index in [4.69, 9.17) is 11.6 Å². The van der Waals surface area contributed by atoms with Crippen molar-refractivity contribution >= 4 is 27.5 Å². The van der Waals surface area contributed by atoms with Gasteiger partial charge >= 0.3 is 0 Å². The van der Waals surface area contributed by atoms with E-state index in [0.29, 0.717) is 18.7 Å². The minimum atomic E-state index is -3.65. The molecule has 0 radical (unpaired) electrons. The Morgan fingerprint density at radius 3 is 2.56 bits per heavy atom. The molecule has 0 spiro atoms. The summed E-state index contributed by atoms with van der Waals surface area (Å²) < 4.78 is 27.1. The number of hydrogen-bond donors (Lipinski definition) is 2. The van der Waals surface area contributed by atoms with Crippen molar-refractivity contribution in [1.82, 2.24) is 9.62 Å². The van der Waals surface area contributed by atoms with E-state index in [2.05, 4.69) is 12.2 Å². The predicted molar refractivity (Wildman–Crippen MR) is 106 cm³/mol. The zero-order chi connectivity index (χ0) is 19.4. The summed E-state index contributed by atoms with van der Waals surface area (Å²) >= 11 is 6.16. The summed E-state index contributed by atoms with van der Waals surface area (Å²) in [4.78, 5) is 14.3. The van der Waals surface area contributed by atoms with Crippen LogP contribution < -0.4 is 10.2 Å². The molecule has 27 heavy (non-hydrogen) atoms. The van der Waals surface area contributed by atoms with Gasteiger partial charge in [0.15, 0.2) is 0 Å². The minimum Gasteiger partial charge on any atom is -0.349 e. The van der Waals surface area contributed by atoms with Crippen molar-refractivity contribution in [3.05, 3.63) is 28.8 Å². The monoisotopic (exact) mass is 414 g/mol. The Morgan fingerprint density at radius 1 is 1.26 bits per heavy atom. The van der Waals surface area contributed by atoms with Gasteiger partial charge in [0.2, 0.25) is 10.0 Å². The molecular formula is C19H29ClN3O3S+. The van der Waals surface area contributed by atoms with Gasteiger partial charge in [-0.2, -0.15) is 4.31 Å². The topological polar surface area (TPSA) is 70.9 Å². The number of sulfonamides is 1. The van der Waals surface area contributed by atoms with E-state index in [1.807, 2.05) is 0 Å². The van der Waals surface area contributed by atoms with Crippen LogP contribution in [-0.2, 0) is 10.0 Å². The lowest BCUT2D eigenvalue weighted by molar-refractivity contribution is -0.905. The molecule has 8 heteroatoms. The molecule has 2 heterocycles. The van der Waals surface area contributed by atoms with Crippen LogP contribution in [-0.4, -0.2) is 57.4 Å². The Bertz CT molecular complexity index is 770. The number of piperidine rings is 1. The molecule has 150 valence electrons. The second-order valence-electron chi connectivity index (χ2n) is 7.50. The first-order valence-electron chi connectivity index (χ1n) is 9.86. The molecule has 2 aliphatic heterocycles. The number of rotatable bonds is 6. The lowest BCUT2D eigenvalue weighted by Gasteiger charge is -2.29. The molecular weight excluding hydrogens is 386 g/mol. The molecule has 1 aromatic carbocycles. The van der Waals surface area contributed by atoms with Crippen LogP contribution in [0.4, 0.5) is 0 Å². The number of hydrogen-bond acceptors (Lipinski definition) is 3. The van der Waals surface area contributed by atoms with Gasteiger partial charge in [0.25, 0.3) is 5.91 Å². The van der Waals surface area contributed by atoms with E-state index in [-0.39, 0.29) is 21.9 Å². The summed E-state index contributed by atoms with van der Waals surface area (Å²) in [5, 5.41) is 3.22. The van der Waals surface area contributed by atoms with Gasteiger partial charge in [-0.05, 0) is 37.5 Å². The molecule has 2 saturated heterocycles. The Balaban J connectivity index is 1.69. The molecule has 1 amide bonds. The van der Waals surface area contributed by atoms with Crippen LogP contribution in [0.15, 0.2) is 23.1 Å². The first-order chi connectivity index (χ1) is 12.9. The van der Waals surface area contributed by atoms with Crippen LogP contribution in [0.3, 0.4) is 0 Å². The molecule has 2 aliphatic rings. The van der Waals surface area contributed by atoms with Crippen LogP contribution in [0, 0.1) is 0 Å². The van der Waals surface area contributed by atoms with Crippen molar-refractivity contribution in [2.75, 3.05) is 32.7 Å². The fourth-order valence-electron chi connectivity index (χ4n) is 3.95. The van der Waals surface area contributed by atoms with Crippen LogP contribution in [0.1, 0.15) is 49.4 Å². The summed E-state index contributed by atoms with van der Waals surface area (Å²) in [6.45, 7) is 6.51. The Kier molecular flexibility index (Phi) is 6.78. The third-order valence-corrected chi connectivity index (χ3v) is 7.89. The molecule has 3 rings (SSSR count). The number of nitrogens with zero attached hydrogens (tertiary/aromatic N) is 1. The number of carbonyl (C=O) groups is 1. The Hall–Kier alpha value is -1.15. The number of amides is 1. The van der Waals surface area contributed by atoms with Crippen LogP contribution >= 0.6 is 11.6 Å². The highest BCUT2D eigenvalue weighted by molar-refractivity contribution is 7.89. The quantitative estimate of drug-likeness (QED) is 0.737. The summed E-state index contributed by atoms with van der Waals surface area (Å²) in [6.07, 6.45) is 4.79. The predicted octanol–water partition coefficient (Wildman–Crippen LogP) is 1.31. The second kappa shape index (κ2) is 8.90. The van der Waals surface area contributed by atoms with Crippen molar-refractivity contribution in [3.8, 4) is 0 Å². The van der Waals surface area contributed by atoms with Gasteiger partial charge in [0.1, 0.15) is 4.90 Å². The van der Waals surface area contributed by atoms with Crippen LogP contribution in [0.25, 0.3) is 0 Å². The van der Waals surface area contributed by atoms with Crippen molar-refractivity contribution in [1.29, 1.82) is 0 Å². The van der Waals surface area contributed by atoms with Crippen molar-refractivity contribution in [2.45, 2.75) is 50.0 Å².